The standard InChI is InChI=1S/C31H42N2O9.C26H34N2O7.ClH/c1-31(2,3)42-30(36)33-13-15-38-17-16-37-14-12-32-28(34)21-39-18-19-40-22-29(35)41-20-27-25-10-6-4-8-23(25)24-9-5-7-11-26(24)27;27-9-11-31-13-14-32-12-10-28-25(29)18-33-15-16-34-19-26(30)35-17-24-22-7-3-1-5-20(22)21-6-2-4-8-23(21)24;/h4-11,27H,12-22H2,1-3H3,(H,32,34)(H,33,36);1-8,24H,9-19,27H2,(H,28,29);1H. The first kappa shape index (κ1) is 64.5. The molecule has 4 aromatic carbocycles. The second-order valence-corrected chi connectivity index (χ2v) is 18.4. The molecule has 2 aliphatic rings. The molecule has 21 heteroatoms. The van der Waals surface area contributed by atoms with Gasteiger partial charge in [-0.25, -0.2) is 14.4 Å². The minimum Gasteiger partial charge on any atom is -0.463 e. The van der Waals surface area contributed by atoms with E-state index in [0.29, 0.717) is 79.0 Å². The highest BCUT2D eigenvalue weighted by Gasteiger charge is 2.30. The molecule has 0 radical (unpaired) electrons. The Morgan fingerprint density at radius 2 is 0.731 bits per heavy atom. The Kier molecular flexibility index (Phi) is 30.5. The van der Waals surface area contributed by atoms with Crippen LogP contribution in [0.1, 0.15) is 54.9 Å². The summed E-state index contributed by atoms with van der Waals surface area (Å²) in [6.07, 6.45) is -0.483. The van der Waals surface area contributed by atoms with Crippen LogP contribution in [0.4, 0.5) is 4.79 Å². The van der Waals surface area contributed by atoms with Crippen molar-refractivity contribution in [3.8, 4) is 22.3 Å². The van der Waals surface area contributed by atoms with Gasteiger partial charge in [0.2, 0.25) is 11.8 Å². The molecule has 78 heavy (non-hydrogen) atoms. The van der Waals surface area contributed by atoms with Gasteiger partial charge in [0.1, 0.15) is 45.2 Å². The van der Waals surface area contributed by atoms with Crippen molar-refractivity contribution >= 4 is 42.3 Å². The summed E-state index contributed by atoms with van der Waals surface area (Å²) in [5.74, 6) is -1.38. The number of fused-ring (bicyclic) bond motifs is 6. The lowest BCUT2D eigenvalue weighted by Gasteiger charge is -2.19. The Bertz CT molecular complexity index is 2330. The summed E-state index contributed by atoms with van der Waals surface area (Å²) in [6.45, 7) is 10.8. The SMILES string of the molecule is CC(C)(C)OC(=O)NCCOCCOCCNC(=O)COCCOCC(=O)OCC1c2ccccc2-c2ccccc21.Cl.NCCOCCOCCNC(=O)COCCOCC(=O)OCC1c2ccccc2-c2ccccc21. The third-order valence-corrected chi connectivity index (χ3v) is 11.5. The largest absolute Gasteiger partial charge is 0.463 e. The molecular formula is C57H77ClN4O16. The van der Waals surface area contributed by atoms with Crippen LogP contribution in [-0.2, 0) is 71.3 Å². The third-order valence-electron chi connectivity index (χ3n) is 11.5. The lowest BCUT2D eigenvalue weighted by Crippen LogP contribution is -2.34. The van der Waals surface area contributed by atoms with Crippen LogP contribution in [0.25, 0.3) is 22.3 Å². The molecule has 6 rings (SSSR count). The van der Waals surface area contributed by atoms with Crippen LogP contribution in [0.3, 0.4) is 0 Å². The van der Waals surface area contributed by atoms with Gasteiger partial charge < -0.3 is 73.8 Å². The first-order chi connectivity index (χ1) is 37.4. The van der Waals surface area contributed by atoms with Gasteiger partial charge in [0.25, 0.3) is 0 Å². The molecule has 20 nitrogen and oxygen atoms in total. The molecule has 0 heterocycles. The Labute approximate surface area is 463 Å². The number of halogens is 1. The van der Waals surface area contributed by atoms with Gasteiger partial charge in [0.15, 0.2) is 0 Å². The molecule has 0 bridgehead atoms. The van der Waals surface area contributed by atoms with E-state index in [1.807, 2.05) is 48.5 Å². The van der Waals surface area contributed by atoms with Gasteiger partial charge in [-0.2, -0.15) is 0 Å². The first-order valence-corrected chi connectivity index (χ1v) is 25.9. The van der Waals surface area contributed by atoms with Gasteiger partial charge in [-0.05, 0) is 65.3 Å². The van der Waals surface area contributed by atoms with Crippen molar-refractivity contribution in [2.75, 3.05) is 145 Å². The minimum atomic E-state index is -0.537. The monoisotopic (exact) mass is 1110 g/mol. The molecule has 0 fully saturated rings. The average Bonchev–Trinajstić information content (AvgIpc) is 3.93. The smallest absolute Gasteiger partial charge is 0.407 e. The lowest BCUT2D eigenvalue weighted by molar-refractivity contribution is -0.150. The van der Waals surface area contributed by atoms with E-state index in [4.69, 9.17) is 57.8 Å². The second kappa shape index (κ2) is 36.9. The summed E-state index contributed by atoms with van der Waals surface area (Å²) in [5.41, 5.74) is 14.1. The summed E-state index contributed by atoms with van der Waals surface area (Å²) < 4.78 is 58.5. The Hall–Kier alpha value is -6.04. The molecule has 0 atom stereocenters. The van der Waals surface area contributed by atoms with Crippen molar-refractivity contribution in [1.82, 2.24) is 16.0 Å². The fourth-order valence-corrected chi connectivity index (χ4v) is 8.09. The van der Waals surface area contributed by atoms with E-state index in [1.165, 1.54) is 22.3 Å². The zero-order chi connectivity index (χ0) is 54.9. The number of benzene rings is 4. The molecule has 3 amide bonds. The summed E-state index contributed by atoms with van der Waals surface area (Å²) >= 11 is 0. The highest BCUT2D eigenvalue weighted by atomic mass is 35.5. The van der Waals surface area contributed by atoms with E-state index in [1.54, 1.807) is 20.8 Å². The number of carbonyl (C=O) groups is 5. The highest BCUT2D eigenvalue weighted by Crippen LogP contribution is 2.45. The number of esters is 2. The van der Waals surface area contributed by atoms with Gasteiger partial charge in [-0.1, -0.05) is 97.1 Å². The van der Waals surface area contributed by atoms with Gasteiger partial charge >= 0.3 is 18.0 Å². The normalized spacial score (nSPS) is 12.2. The van der Waals surface area contributed by atoms with Crippen molar-refractivity contribution < 1.29 is 76.1 Å². The Morgan fingerprint density at radius 3 is 1.08 bits per heavy atom. The van der Waals surface area contributed by atoms with Gasteiger partial charge in [0.05, 0.1) is 79.3 Å². The van der Waals surface area contributed by atoms with E-state index in [0.717, 1.165) is 22.3 Å². The highest BCUT2D eigenvalue weighted by molar-refractivity contribution is 5.85. The van der Waals surface area contributed by atoms with Crippen LogP contribution in [0, 0.1) is 0 Å². The van der Waals surface area contributed by atoms with Crippen LogP contribution in [0.2, 0.25) is 0 Å². The zero-order valence-corrected chi connectivity index (χ0v) is 45.8. The summed E-state index contributed by atoms with van der Waals surface area (Å²) in [5, 5.41) is 7.97. The molecule has 2 aliphatic carbocycles. The summed E-state index contributed by atoms with van der Waals surface area (Å²) in [4.78, 5) is 59.4. The fourth-order valence-electron chi connectivity index (χ4n) is 8.09. The van der Waals surface area contributed by atoms with Crippen molar-refractivity contribution in [2.45, 2.75) is 38.2 Å². The topological polar surface area (TPSA) is 249 Å². The number of nitrogens with one attached hydrogen (secondary N) is 3. The van der Waals surface area contributed by atoms with Crippen LogP contribution in [-0.4, -0.2) is 181 Å². The molecule has 4 aromatic rings. The predicted octanol–water partition coefficient (Wildman–Crippen LogP) is 4.95. The van der Waals surface area contributed by atoms with Gasteiger partial charge in [-0.15, -0.1) is 12.4 Å². The van der Waals surface area contributed by atoms with Crippen LogP contribution in [0.15, 0.2) is 97.1 Å². The number of alkyl carbamates (subject to hydrolysis) is 1. The van der Waals surface area contributed by atoms with E-state index in [2.05, 4.69) is 64.5 Å². The van der Waals surface area contributed by atoms with Crippen LogP contribution < -0.4 is 21.7 Å². The quantitative estimate of drug-likeness (QED) is 0.0270. The fraction of sp³-hybridized carbons (Fsp3) is 0.491. The predicted molar refractivity (Wildman–Crippen MR) is 292 cm³/mol. The lowest BCUT2D eigenvalue weighted by atomic mass is 9.98. The number of nitrogens with two attached hydrogens (primary N) is 1. The molecule has 0 spiro atoms. The zero-order valence-electron chi connectivity index (χ0n) is 45.0. The maximum Gasteiger partial charge on any atom is 0.407 e. The van der Waals surface area contributed by atoms with Crippen molar-refractivity contribution in [3.63, 3.8) is 0 Å². The van der Waals surface area contributed by atoms with Crippen molar-refractivity contribution in [1.29, 1.82) is 0 Å². The average molecular weight is 1110 g/mol. The number of amides is 3. The van der Waals surface area contributed by atoms with Crippen LogP contribution in [0.5, 0.6) is 0 Å². The number of carbonyl (C=O) groups excluding carboxylic acids is 5. The maximum absolute atomic E-state index is 12.2. The van der Waals surface area contributed by atoms with Gasteiger partial charge in [0, 0.05) is 38.0 Å². The number of ether oxygens (including phenoxy) is 11. The van der Waals surface area contributed by atoms with Crippen LogP contribution >= 0.6 is 12.4 Å². The number of hydrogen-bond acceptors (Lipinski definition) is 17. The third kappa shape index (κ3) is 23.9. The Balaban J connectivity index is 0.000000337. The molecule has 0 aliphatic heterocycles. The van der Waals surface area contributed by atoms with E-state index < -0.39 is 23.6 Å². The first-order valence-electron chi connectivity index (χ1n) is 25.9. The maximum atomic E-state index is 12.2. The van der Waals surface area contributed by atoms with Crippen molar-refractivity contribution in [3.05, 3.63) is 119 Å². The summed E-state index contributed by atoms with van der Waals surface area (Å²) in [7, 11) is 0. The molecule has 0 unspecified atom stereocenters. The van der Waals surface area contributed by atoms with Crippen molar-refractivity contribution in [2.24, 2.45) is 5.73 Å². The molecule has 428 valence electrons. The number of rotatable bonds is 35. The van der Waals surface area contributed by atoms with E-state index in [-0.39, 0.29) is 102 Å². The summed E-state index contributed by atoms with van der Waals surface area (Å²) in [6, 6.07) is 32.7. The number of hydrogen-bond donors (Lipinski definition) is 4. The molecule has 0 saturated carbocycles. The second-order valence-electron chi connectivity index (χ2n) is 18.4. The molecule has 0 saturated heterocycles. The van der Waals surface area contributed by atoms with Gasteiger partial charge in [-0.3, -0.25) is 9.59 Å². The Morgan fingerprint density at radius 1 is 0.423 bits per heavy atom. The molecule has 0 aromatic heterocycles. The minimum absolute atomic E-state index is 0. The molecule has 5 N–H and O–H groups in total. The van der Waals surface area contributed by atoms with E-state index >= 15 is 0 Å². The van der Waals surface area contributed by atoms with E-state index in [9.17, 15) is 24.0 Å². The molecular weight excluding hydrogens is 1030 g/mol.